The summed E-state index contributed by atoms with van der Waals surface area (Å²) in [5, 5.41) is 8.46. The van der Waals surface area contributed by atoms with Gasteiger partial charge in [-0.2, -0.15) is 0 Å². The Balaban J connectivity index is 1.45. The Kier molecular flexibility index (Phi) is 10.4. The molecule has 214 valence electrons. The van der Waals surface area contributed by atoms with Crippen molar-refractivity contribution in [3.63, 3.8) is 0 Å². The summed E-state index contributed by atoms with van der Waals surface area (Å²) in [6.45, 7) is 1.95. The molecule has 0 aliphatic carbocycles. The van der Waals surface area contributed by atoms with E-state index in [1.807, 2.05) is 43.3 Å². The van der Waals surface area contributed by atoms with Crippen LogP contribution in [-0.4, -0.2) is 37.7 Å². The number of benzene rings is 4. The number of methoxy groups -OCH3 is 2. The molecule has 9 heteroatoms. The molecule has 0 fully saturated rings. The minimum absolute atomic E-state index is 0.0964. The molecule has 0 spiro atoms. The van der Waals surface area contributed by atoms with Gasteiger partial charge in [-0.25, -0.2) is 0 Å². The standard InChI is InChI=1S/C33H31N3O5S/c1-22-9-7-10-23(17-22)18-29(36-32(38)24-11-5-4-6-12-24)33(39)34-25-13-8-14-27(19-25)42-21-31(37)35-28-20-26(40-2)15-16-30(28)41-3/h4-20H,21H2,1-3H3,(H,34,39)(H,35,37)(H,36,38)/b29-18+. The van der Waals surface area contributed by atoms with Crippen LogP contribution in [0.5, 0.6) is 11.5 Å². The minimum atomic E-state index is -0.481. The smallest absolute Gasteiger partial charge is 0.272 e. The zero-order valence-electron chi connectivity index (χ0n) is 23.5. The summed E-state index contributed by atoms with van der Waals surface area (Å²) in [6.07, 6.45) is 1.64. The van der Waals surface area contributed by atoms with E-state index >= 15 is 0 Å². The largest absolute Gasteiger partial charge is 0.497 e. The van der Waals surface area contributed by atoms with E-state index < -0.39 is 11.8 Å². The first kappa shape index (κ1) is 30.0. The lowest BCUT2D eigenvalue weighted by atomic mass is 10.1. The molecule has 42 heavy (non-hydrogen) atoms. The predicted octanol–water partition coefficient (Wildman–Crippen LogP) is 6.15. The van der Waals surface area contributed by atoms with Gasteiger partial charge in [-0.05, 0) is 61.0 Å². The molecule has 3 N–H and O–H groups in total. The van der Waals surface area contributed by atoms with Crippen molar-refractivity contribution in [3.05, 3.63) is 119 Å². The molecule has 0 saturated heterocycles. The number of aryl methyl sites for hydroxylation is 1. The Hall–Kier alpha value is -5.02. The number of hydrogen-bond acceptors (Lipinski definition) is 6. The van der Waals surface area contributed by atoms with Gasteiger partial charge in [0, 0.05) is 22.2 Å². The topological polar surface area (TPSA) is 106 Å². The Bertz CT molecular complexity index is 1600. The van der Waals surface area contributed by atoms with E-state index in [0.29, 0.717) is 28.4 Å². The van der Waals surface area contributed by atoms with Crippen LogP contribution in [0.4, 0.5) is 11.4 Å². The Morgan fingerprint density at radius 2 is 1.60 bits per heavy atom. The minimum Gasteiger partial charge on any atom is -0.497 e. The summed E-state index contributed by atoms with van der Waals surface area (Å²) in [7, 11) is 3.08. The highest BCUT2D eigenvalue weighted by molar-refractivity contribution is 8.00. The summed E-state index contributed by atoms with van der Waals surface area (Å²) in [5.41, 5.74) is 3.36. The molecule has 0 saturated carbocycles. The lowest BCUT2D eigenvalue weighted by molar-refractivity contribution is -0.114. The monoisotopic (exact) mass is 581 g/mol. The SMILES string of the molecule is COc1ccc(OC)c(NC(=O)CSc2cccc(NC(=O)/C(=C\c3cccc(C)c3)NC(=O)c3ccccc3)c2)c1. The average molecular weight is 582 g/mol. The fourth-order valence-corrected chi connectivity index (χ4v) is 4.73. The normalized spacial score (nSPS) is 10.9. The van der Waals surface area contributed by atoms with Crippen molar-refractivity contribution in [1.82, 2.24) is 5.32 Å². The quantitative estimate of drug-likeness (QED) is 0.145. The van der Waals surface area contributed by atoms with Crippen LogP contribution in [0.1, 0.15) is 21.5 Å². The average Bonchev–Trinajstić information content (AvgIpc) is 3.00. The molecule has 0 aliphatic heterocycles. The molecular formula is C33H31N3O5S. The zero-order chi connectivity index (χ0) is 29.9. The molecule has 0 bridgehead atoms. The van der Waals surface area contributed by atoms with Crippen molar-refractivity contribution in [2.24, 2.45) is 0 Å². The highest BCUT2D eigenvalue weighted by Crippen LogP contribution is 2.29. The number of carbonyl (C=O) groups excluding carboxylic acids is 3. The number of carbonyl (C=O) groups is 3. The van der Waals surface area contributed by atoms with Gasteiger partial charge in [-0.15, -0.1) is 11.8 Å². The molecule has 0 unspecified atom stereocenters. The van der Waals surface area contributed by atoms with Gasteiger partial charge in [0.2, 0.25) is 5.91 Å². The molecule has 0 aromatic heterocycles. The maximum absolute atomic E-state index is 13.4. The number of nitrogens with one attached hydrogen (secondary N) is 3. The van der Waals surface area contributed by atoms with Gasteiger partial charge in [0.05, 0.1) is 25.7 Å². The number of hydrogen-bond donors (Lipinski definition) is 3. The Labute approximate surface area is 249 Å². The van der Waals surface area contributed by atoms with Gasteiger partial charge in [0.25, 0.3) is 11.8 Å². The van der Waals surface area contributed by atoms with Gasteiger partial charge in [0.1, 0.15) is 17.2 Å². The first-order chi connectivity index (χ1) is 20.3. The first-order valence-electron chi connectivity index (χ1n) is 13.1. The van der Waals surface area contributed by atoms with Gasteiger partial charge >= 0.3 is 0 Å². The van der Waals surface area contributed by atoms with Crippen molar-refractivity contribution in [1.29, 1.82) is 0 Å². The van der Waals surface area contributed by atoms with Crippen LogP contribution in [0.3, 0.4) is 0 Å². The van der Waals surface area contributed by atoms with Crippen LogP contribution in [0.2, 0.25) is 0 Å². The lowest BCUT2D eigenvalue weighted by Crippen LogP contribution is -2.30. The van der Waals surface area contributed by atoms with E-state index in [4.69, 9.17) is 9.47 Å². The second-order valence-electron chi connectivity index (χ2n) is 9.18. The summed E-state index contributed by atoms with van der Waals surface area (Å²) in [5.74, 6) is 0.140. The van der Waals surface area contributed by atoms with E-state index in [2.05, 4.69) is 16.0 Å². The molecular weight excluding hydrogens is 550 g/mol. The van der Waals surface area contributed by atoms with Crippen molar-refractivity contribution in [3.8, 4) is 11.5 Å². The molecule has 0 atom stereocenters. The Morgan fingerprint density at radius 3 is 2.33 bits per heavy atom. The molecule has 0 aliphatic rings. The summed E-state index contributed by atoms with van der Waals surface area (Å²) in [6, 6.07) is 28.6. The van der Waals surface area contributed by atoms with Crippen LogP contribution >= 0.6 is 11.8 Å². The maximum atomic E-state index is 13.4. The van der Waals surface area contributed by atoms with Gasteiger partial charge in [-0.3, -0.25) is 14.4 Å². The lowest BCUT2D eigenvalue weighted by Gasteiger charge is -2.13. The fourth-order valence-electron chi connectivity index (χ4n) is 3.98. The van der Waals surface area contributed by atoms with Gasteiger partial charge < -0.3 is 25.4 Å². The van der Waals surface area contributed by atoms with Gasteiger partial charge in [0.15, 0.2) is 0 Å². The van der Waals surface area contributed by atoms with E-state index in [1.165, 1.54) is 18.9 Å². The molecule has 4 aromatic carbocycles. The molecule has 0 heterocycles. The highest BCUT2D eigenvalue weighted by atomic mass is 32.2. The third-order valence-electron chi connectivity index (χ3n) is 6.02. The third kappa shape index (κ3) is 8.49. The first-order valence-corrected chi connectivity index (χ1v) is 14.0. The second kappa shape index (κ2) is 14.6. The number of ether oxygens (including phenoxy) is 2. The number of anilines is 2. The summed E-state index contributed by atoms with van der Waals surface area (Å²) >= 11 is 1.31. The van der Waals surface area contributed by atoms with Gasteiger partial charge in [-0.1, -0.05) is 54.1 Å². The van der Waals surface area contributed by atoms with Crippen LogP contribution in [0.15, 0.2) is 108 Å². The zero-order valence-corrected chi connectivity index (χ0v) is 24.3. The summed E-state index contributed by atoms with van der Waals surface area (Å²) < 4.78 is 10.6. The van der Waals surface area contributed by atoms with E-state index in [1.54, 1.807) is 73.8 Å². The maximum Gasteiger partial charge on any atom is 0.272 e. The van der Waals surface area contributed by atoms with Crippen LogP contribution < -0.4 is 25.4 Å². The molecule has 8 nitrogen and oxygen atoms in total. The highest BCUT2D eigenvalue weighted by Gasteiger charge is 2.16. The Morgan fingerprint density at radius 1 is 0.810 bits per heavy atom. The van der Waals surface area contributed by atoms with Crippen molar-refractivity contribution in [2.45, 2.75) is 11.8 Å². The van der Waals surface area contributed by atoms with Crippen LogP contribution in [0.25, 0.3) is 6.08 Å². The summed E-state index contributed by atoms with van der Waals surface area (Å²) in [4.78, 5) is 39.7. The van der Waals surface area contributed by atoms with E-state index in [9.17, 15) is 14.4 Å². The van der Waals surface area contributed by atoms with Crippen molar-refractivity contribution in [2.75, 3.05) is 30.6 Å². The molecule has 0 radical (unpaired) electrons. The van der Waals surface area contributed by atoms with Crippen LogP contribution in [-0.2, 0) is 9.59 Å². The van der Waals surface area contributed by atoms with E-state index in [0.717, 1.165) is 16.0 Å². The number of rotatable bonds is 11. The van der Waals surface area contributed by atoms with Crippen LogP contribution in [0, 0.1) is 6.92 Å². The predicted molar refractivity (Wildman–Crippen MR) is 167 cm³/mol. The third-order valence-corrected chi connectivity index (χ3v) is 7.02. The molecule has 3 amide bonds. The van der Waals surface area contributed by atoms with Crippen molar-refractivity contribution >= 4 is 46.9 Å². The number of amides is 3. The van der Waals surface area contributed by atoms with Crippen molar-refractivity contribution < 1.29 is 23.9 Å². The van der Waals surface area contributed by atoms with E-state index in [-0.39, 0.29) is 17.4 Å². The second-order valence-corrected chi connectivity index (χ2v) is 10.2. The molecule has 4 rings (SSSR count). The molecule has 4 aromatic rings. The number of thioether (sulfide) groups is 1. The fraction of sp³-hybridized carbons (Fsp3) is 0.121.